The Morgan fingerprint density at radius 3 is 2.56 bits per heavy atom. The minimum atomic E-state index is -4.31. The van der Waals surface area contributed by atoms with E-state index < -0.39 is 11.7 Å². The highest BCUT2D eigenvalue weighted by atomic mass is 19.4. The Morgan fingerprint density at radius 2 is 1.92 bits per heavy atom. The molecule has 0 radical (unpaired) electrons. The first-order valence-corrected chi connectivity index (χ1v) is 8.18. The Labute approximate surface area is 144 Å². The van der Waals surface area contributed by atoms with Crippen molar-refractivity contribution in [3.05, 3.63) is 58.7 Å². The van der Waals surface area contributed by atoms with Gasteiger partial charge in [0.05, 0.1) is 12.7 Å². The molecule has 3 nitrogen and oxygen atoms in total. The number of phenolic OH excluding ortho intramolecular Hbond substituents is 1. The molecule has 1 aliphatic rings. The summed E-state index contributed by atoms with van der Waals surface area (Å²) >= 11 is 0. The van der Waals surface area contributed by atoms with Gasteiger partial charge in [-0.2, -0.15) is 13.2 Å². The van der Waals surface area contributed by atoms with Gasteiger partial charge >= 0.3 is 6.18 Å². The molecular weight excluding hydrogens is 331 g/mol. The number of benzene rings is 2. The van der Waals surface area contributed by atoms with E-state index in [1.165, 1.54) is 19.2 Å². The number of aryl methyl sites for hydroxylation is 1. The normalized spacial score (nSPS) is 17.2. The van der Waals surface area contributed by atoms with E-state index in [9.17, 15) is 18.3 Å². The number of alkyl halides is 3. The zero-order chi connectivity index (χ0) is 18.0. The summed E-state index contributed by atoms with van der Waals surface area (Å²) in [6.07, 6.45) is -2.06. The van der Waals surface area contributed by atoms with Crippen LogP contribution in [0, 0.1) is 0 Å². The second-order valence-electron chi connectivity index (χ2n) is 6.21. The van der Waals surface area contributed by atoms with Gasteiger partial charge in [-0.05, 0) is 66.8 Å². The van der Waals surface area contributed by atoms with E-state index in [0.29, 0.717) is 12.2 Å². The Hall–Kier alpha value is -2.21. The number of hydrogen-bond donors (Lipinski definition) is 2. The SMILES string of the molecule is COc1cc2c(cc1O)[C@H](CCc1ccc(C(F)(F)F)cc1)NCC2. The number of rotatable bonds is 4. The van der Waals surface area contributed by atoms with Crippen molar-refractivity contribution in [3.8, 4) is 11.5 Å². The standard InChI is InChI=1S/C19H20F3NO2/c1-25-18-10-13-8-9-23-16(15(13)11-17(18)24)7-4-12-2-5-14(6-3-12)19(20,21)22/h2-3,5-6,10-11,16,23-24H,4,7-9H2,1H3/t16-/m0/s1. The third kappa shape index (κ3) is 3.90. The molecule has 0 aromatic heterocycles. The van der Waals surface area contributed by atoms with Crippen molar-refractivity contribution in [1.82, 2.24) is 5.32 Å². The molecule has 0 aliphatic carbocycles. The maximum Gasteiger partial charge on any atom is 0.416 e. The number of methoxy groups -OCH3 is 1. The number of phenols is 1. The van der Waals surface area contributed by atoms with Crippen LogP contribution in [-0.2, 0) is 19.0 Å². The number of ether oxygens (including phenoxy) is 1. The number of fused-ring (bicyclic) bond motifs is 1. The van der Waals surface area contributed by atoms with Gasteiger partial charge in [-0.3, -0.25) is 0 Å². The van der Waals surface area contributed by atoms with Crippen LogP contribution in [0.2, 0.25) is 0 Å². The van der Waals surface area contributed by atoms with Crippen LogP contribution < -0.4 is 10.1 Å². The predicted molar refractivity (Wildman–Crippen MR) is 88.9 cm³/mol. The van der Waals surface area contributed by atoms with Gasteiger partial charge in [0.1, 0.15) is 0 Å². The second kappa shape index (κ2) is 6.96. The van der Waals surface area contributed by atoms with E-state index in [0.717, 1.165) is 48.2 Å². The molecule has 0 unspecified atom stereocenters. The third-order valence-electron chi connectivity index (χ3n) is 4.60. The first-order chi connectivity index (χ1) is 11.9. The van der Waals surface area contributed by atoms with Crippen molar-refractivity contribution in [2.75, 3.05) is 13.7 Å². The van der Waals surface area contributed by atoms with Gasteiger partial charge in [-0.15, -0.1) is 0 Å². The number of nitrogens with one attached hydrogen (secondary N) is 1. The summed E-state index contributed by atoms with van der Waals surface area (Å²) < 4.78 is 43.0. The summed E-state index contributed by atoms with van der Waals surface area (Å²) in [6.45, 7) is 0.818. The van der Waals surface area contributed by atoms with Crippen LogP contribution in [0.25, 0.3) is 0 Å². The lowest BCUT2D eigenvalue weighted by Crippen LogP contribution is -2.30. The molecule has 134 valence electrons. The van der Waals surface area contributed by atoms with Gasteiger partial charge in [0, 0.05) is 6.04 Å². The number of hydrogen-bond acceptors (Lipinski definition) is 3. The Kier molecular flexibility index (Phi) is 4.90. The molecule has 25 heavy (non-hydrogen) atoms. The van der Waals surface area contributed by atoms with Crippen molar-refractivity contribution >= 4 is 0 Å². The van der Waals surface area contributed by atoms with E-state index in [1.54, 1.807) is 6.07 Å². The van der Waals surface area contributed by atoms with Crippen molar-refractivity contribution in [1.29, 1.82) is 0 Å². The second-order valence-corrected chi connectivity index (χ2v) is 6.21. The Balaban J connectivity index is 1.72. The van der Waals surface area contributed by atoms with Crippen LogP contribution in [0.3, 0.4) is 0 Å². The summed E-state index contributed by atoms with van der Waals surface area (Å²) in [5.41, 5.74) is 2.39. The Bertz CT molecular complexity index is 742. The molecule has 3 rings (SSSR count). The molecule has 2 aromatic carbocycles. The lowest BCUT2D eigenvalue weighted by atomic mass is 9.90. The van der Waals surface area contributed by atoms with E-state index in [4.69, 9.17) is 4.74 Å². The minimum absolute atomic E-state index is 0.0582. The molecule has 0 fully saturated rings. The summed E-state index contributed by atoms with van der Waals surface area (Å²) in [7, 11) is 1.52. The summed E-state index contributed by atoms with van der Waals surface area (Å²) in [4.78, 5) is 0. The molecule has 0 saturated carbocycles. The zero-order valence-corrected chi connectivity index (χ0v) is 13.9. The fraction of sp³-hybridized carbons (Fsp3) is 0.368. The monoisotopic (exact) mass is 351 g/mol. The van der Waals surface area contributed by atoms with Crippen molar-refractivity contribution in [2.24, 2.45) is 0 Å². The molecule has 1 aliphatic heterocycles. The highest BCUT2D eigenvalue weighted by Crippen LogP contribution is 2.36. The first kappa shape index (κ1) is 17.6. The Morgan fingerprint density at radius 1 is 1.20 bits per heavy atom. The molecule has 0 spiro atoms. The highest BCUT2D eigenvalue weighted by molar-refractivity contribution is 5.48. The summed E-state index contributed by atoms with van der Waals surface area (Å²) in [5.74, 6) is 0.562. The maximum absolute atomic E-state index is 12.6. The first-order valence-electron chi connectivity index (χ1n) is 8.18. The molecule has 0 bridgehead atoms. The van der Waals surface area contributed by atoms with Crippen LogP contribution in [0.5, 0.6) is 11.5 Å². The number of halogens is 3. The lowest BCUT2D eigenvalue weighted by molar-refractivity contribution is -0.137. The molecule has 2 N–H and O–H groups in total. The fourth-order valence-corrected chi connectivity index (χ4v) is 3.25. The van der Waals surface area contributed by atoms with Crippen LogP contribution in [0.4, 0.5) is 13.2 Å². The van der Waals surface area contributed by atoms with Crippen LogP contribution in [0.15, 0.2) is 36.4 Å². The predicted octanol–water partition coefficient (Wildman–Crippen LogP) is 4.24. The molecule has 1 atom stereocenters. The average molecular weight is 351 g/mol. The highest BCUT2D eigenvalue weighted by Gasteiger charge is 2.30. The number of aromatic hydroxyl groups is 1. The molecule has 2 aromatic rings. The third-order valence-corrected chi connectivity index (χ3v) is 4.60. The zero-order valence-electron chi connectivity index (χ0n) is 13.9. The van der Waals surface area contributed by atoms with Crippen molar-refractivity contribution in [3.63, 3.8) is 0 Å². The molecule has 6 heteroatoms. The maximum atomic E-state index is 12.6. The summed E-state index contributed by atoms with van der Waals surface area (Å²) in [6, 6.07) is 8.93. The van der Waals surface area contributed by atoms with Gasteiger partial charge in [0.25, 0.3) is 0 Å². The summed E-state index contributed by atoms with van der Waals surface area (Å²) in [5, 5.41) is 13.4. The van der Waals surface area contributed by atoms with E-state index in [-0.39, 0.29) is 11.8 Å². The minimum Gasteiger partial charge on any atom is -0.504 e. The van der Waals surface area contributed by atoms with Crippen LogP contribution in [0.1, 0.15) is 34.7 Å². The van der Waals surface area contributed by atoms with E-state index >= 15 is 0 Å². The quantitative estimate of drug-likeness (QED) is 0.866. The van der Waals surface area contributed by atoms with E-state index in [1.807, 2.05) is 6.07 Å². The van der Waals surface area contributed by atoms with Crippen LogP contribution in [-0.4, -0.2) is 18.8 Å². The smallest absolute Gasteiger partial charge is 0.416 e. The molecule has 1 heterocycles. The molecule has 0 saturated heterocycles. The van der Waals surface area contributed by atoms with Crippen molar-refractivity contribution < 1.29 is 23.0 Å². The largest absolute Gasteiger partial charge is 0.504 e. The fourth-order valence-electron chi connectivity index (χ4n) is 3.25. The van der Waals surface area contributed by atoms with Crippen LogP contribution >= 0.6 is 0 Å². The van der Waals surface area contributed by atoms with Gasteiger partial charge < -0.3 is 15.2 Å². The molecular formula is C19H20F3NO2. The average Bonchev–Trinajstić information content (AvgIpc) is 2.59. The van der Waals surface area contributed by atoms with E-state index in [2.05, 4.69) is 5.32 Å². The van der Waals surface area contributed by atoms with Gasteiger partial charge in [0.2, 0.25) is 0 Å². The topological polar surface area (TPSA) is 41.5 Å². The molecule has 0 amide bonds. The van der Waals surface area contributed by atoms with Crippen molar-refractivity contribution in [2.45, 2.75) is 31.5 Å². The van der Waals surface area contributed by atoms with Gasteiger partial charge in [-0.25, -0.2) is 0 Å². The lowest BCUT2D eigenvalue weighted by Gasteiger charge is -2.28. The van der Waals surface area contributed by atoms with Gasteiger partial charge in [-0.1, -0.05) is 12.1 Å². The van der Waals surface area contributed by atoms with Gasteiger partial charge in [0.15, 0.2) is 11.5 Å².